The molecule has 13 atom stereocenters. The molecular formula is C27H46O5. The van der Waals surface area contributed by atoms with Crippen LogP contribution in [0.2, 0.25) is 0 Å². The number of aliphatic hydroxyl groups is 3. The molecule has 0 aromatic rings. The molecule has 2 unspecified atom stereocenters. The lowest BCUT2D eigenvalue weighted by Gasteiger charge is -2.65. The highest BCUT2D eigenvalue weighted by Crippen LogP contribution is 2.69. The first-order chi connectivity index (χ1) is 15.0. The molecule has 184 valence electrons. The van der Waals surface area contributed by atoms with E-state index in [1.165, 1.54) is 0 Å². The average Bonchev–Trinajstić information content (AvgIpc) is 3.09. The van der Waals surface area contributed by atoms with E-state index in [0.717, 1.165) is 44.9 Å². The third-order valence-electron chi connectivity index (χ3n) is 11.4. The van der Waals surface area contributed by atoms with Crippen molar-refractivity contribution in [1.29, 1.82) is 0 Å². The zero-order valence-corrected chi connectivity index (χ0v) is 20.7. The molecule has 0 bridgehead atoms. The first-order valence-electron chi connectivity index (χ1n) is 13.2. The quantitative estimate of drug-likeness (QED) is 0.500. The lowest BCUT2D eigenvalue weighted by molar-refractivity contribution is -0.228. The second-order valence-corrected chi connectivity index (χ2v) is 12.6. The van der Waals surface area contributed by atoms with Crippen molar-refractivity contribution >= 4 is 5.97 Å². The van der Waals surface area contributed by atoms with Gasteiger partial charge in [-0.15, -0.1) is 0 Å². The van der Waals surface area contributed by atoms with Crippen LogP contribution in [-0.4, -0.2) is 44.7 Å². The molecule has 4 saturated carbocycles. The largest absolute Gasteiger partial charge is 0.481 e. The van der Waals surface area contributed by atoms with E-state index in [1.54, 1.807) is 6.92 Å². The smallest absolute Gasteiger partial charge is 0.306 e. The van der Waals surface area contributed by atoms with Crippen LogP contribution in [0, 0.1) is 58.2 Å². The Hall–Kier alpha value is -0.650. The lowest BCUT2D eigenvalue weighted by atomic mass is 9.41. The normalized spacial score (nSPS) is 52.4. The van der Waals surface area contributed by atoms with Crippen molar-refractivity contribution in [3.63, 3.8) is 0 Å². The van der Waals surface area contributed by atoms with E-state index < -0.39 is 12.1 Å². The maximum Gasteiger partial charge on any atom is 0.306 e. The van der Waals surface area contributed by atoms with Crippen LogP contribution in [0.4, 0.5) is 0 Å². The fourth-order valence-electron chi connectivity index (χ4n) is 9.71. The average molecular weight is 451 g/mol. The van der Waals surface area contributed by atoms with Gasteiger partial charge in [0, 0.05) is 0 Å². The Bertz CT molecular complexity index is 710. The Labute approximate surface area is 194 Å². The van der Waals surface area contributed by atoms with E-state index in [4.69, 9.17) is 0 Å². The topological polar surface area (TPSA) is 98.0 Å². The molecule has 4 fully saturated rings. The molecule has 0 saturated heterocycles. The second-order valence-electron chi connectivity index (χ2n) is 12.6. The maximum absolute atomic E-state index is 11.8. The van der Waals surface area contributed by atoms with Crippen molar-refractivity contribution in [2.24, 2.45) is 58.2 Å². The maximum atomic E-state index is 11.8. The number of rotatable bonds is 5. The van der Waals surface area contributed by atoms with E-state index >= 15 is 0 Å². The summed E-state index contributed by atoms with van der Waals surface area (Å²) >= 11 is 0. The van der Waals surface area contributed by atoms with Gasteiger partial charge in [0.1, 0.15) is 0 Å². The van der Waals surface area contributed by atoms with Gasteiger partial charge in [0.15, 0.2) is 0 Å². The number of carboxylic acids is 1. The van der Waals surface area contributed by atoms with Crippen LogP contribution in [0.3, 0.4) is 0 Å². The summed E-state index contributed by atoms with van der Waals surface area (Å²) in [6.07, 6.45) is 5.85. The Kier molecular flexibility index (Phi) is 6.53. The standard InChI is InChI=1S/C27H46O5/c1-6-17-20-12-16(28)9-10-26(20,4)21-13-22(29)27(5)18(14(2)11-15(3)25(31)32)7-8-19(27)23(21)24(17)30/h14-24,28-30H,6-13H2,1-5H3,(H,31,32)/t14-,15+,16-,17-,18-,19?,20+,21?,22+,23+,24-,26+,27-/m1/s1. The number of carboxylic acid groups (broad SMARTS) is 1. The molecule has 4 aliphatic rings. The van der Waals surface area contributed by atoms with Crippen LogP contribution >= 0.6 is 0 Å². The molecule has 0 aromatic carbocycles. The molecule has 4 N–H and O–H groups in total. The highest BCUT2D eigenvalue weighted by atomic mass is 16.4. The van der Waals surface area contributed by atoms with Gasteiger partial charge in [0.25, 0.3) is 0 Å². The number of aliphatic carboxylic acids is 1. The Morgan fingerprint density at radius 2 is 1.69 bits per heavy atom. The molecule has 0 aliphatic heterocycles. The van der Waals surface area contributed by atoms with Gasteiger partial charge in [-0.25, -0.2) is 0 Å². The molecule has 0 radical (unpaired) electrons. The van der Waals surface area contributed by atoms with Gasteiger partial charge in [0.05, 0.1) is 24.2 Å². The molecule has 0 aromatic heterocycles. The first-order valence-corrected chi connectivity index (χ1v) is 13.2. The first kappa shape index (κ1) is 24.5. The van der Waals surface area contributed by atoms with Gasteiger partial charge in [-0.05, 0) is 97.2 Å². The van der Waals surface area contributed by atoms with Crippen molar-refractivity contribution in [3.8, 4) is 0 Å². The minimum Gasteiger partial charge on any atom is -0.481 e. The monoisotopic (exact) mass is 450 g/mol. The fraction of sp³-hybridized carbons (Fsp3) is 0.963. The van der Waals surface area contributed by atoms with Crippen LogP contribution in [0.1, 0.15) is 86.0 Å². The summed E-state index contributed by atoms with van der Waals surface area (Å²) in [5, 5.41) is 43.3. The summed E-state index contributed by atoms with van der Waals surface area (Å²) in [5.41, 5.74) is -0.205. The number of hydrogen-bond donors (Lipinski definition) is 4. The summed E-state index contributed by atoms with van der Waals surface area (Å²) < 4.78 is 0. The molecule has 0 amide bonds. The Morgan fingerprint density at radius 3 is 2.31 bits per heavy atom. The van der Waals surface area contributed by atoms with E-state index in [9.17, 15) is 25.2 Å². The fourth-order valence-corrected chi connectivity index (χ4v) is 9.71. The zero-order valence-electron chi connectivity index (χ0n) is 20.7. The highest BCUT2D eigenvalue weighted by molar-refractivity contribution is 5.69. The van der Waals surface area contributed by atoms with Gasteiger partial charge in [-0.2, -0.15) is 0 Å². The SMILES string of the molecule is CC[C@H]1[C@@H](O)[C@H]2C3CC[C@H]([C@H](C)C[C@H](C)C(=O)O)[C@@]3(C)[C@@H](O)CC2[C@@]2(C)CC[C@@H](O)C[C@@H]12. The summed E-state index contributed by atoms with van der Waals surface area (Å²) in [4.78, 5) is 11.5. The van der Waals surface area contributed by atoms with Crippen LogP contribution in [0.15, 0.2) is 0 Å². The predicted octanol–water partition coefficient (Wildman–Crippen LogP) is 4.33. The van der Waals surface area contributed by atoms with Crippen LogP contribution < -0.4 is 0 Å². The molecular weight excluding hydrogens is 404 g/mol. The summed E-state index contributed by atoms with van der Waals surface area (Å²) in [6.45, 7) is 10.8. The van der Waals surface area contributed by atoms with Crippen molar-refractivity contribution in [2.75, 3.05) is 0 Å². The molecule has 4 aliphatic carbocycles. The minimum atomic E-state index is -0.743. The molecule has 0 heterocycles. The van der Waals surface area contributed by atoms with Gasteiger partial charge in [0.2, 0.25) is 0 Å². The van der Waals surface area contributed by atoms with Crippen molar-refractivity contribution in [2.45, 2.75) is 104 Å². The molecule has 5 nitrogen and oxygen atoms in total. The number of hydrogen-bond acceptors (Lipinski definition) is 4. The van der Waals surface area contributed by atoms with E-state index in [2.05, 4.69) is 27.7 Å². The van der Waals surface area contributed by atoms with Gasteiger partial charge in [-0.1, -0.05) is 41.0 Å². The molecule has 4 rings (SSSR count). The third kappa shape index (κ3) is 3.48. The molecule has 5 heteroatoms. The lowest BCUT2D eigenvalue weighted by Crippen LogP contribution is -2.65. The van der Waals surface area contributed by atoms with E-state index in [-0.39, 0.29) is 64.5 Å². The highest BCUT2D eigenvalue weighted by Gasteiger charge is 2.67. The molecule has 0 spiro atoms. The number of aliphatic hydroxyl groups excluding tert-OH is 3. The van der Waals surface area contributed by atoms with Crippen molar-refractivity contribution < 1.29 is 25.2 Å². The number of carbonyl (C=O) groups is 1. The summed E-state index contributed by atoms with van der Waals surface area (Å²) in [5.74, 6) is 0.687. The predicted molar refractivity (Wildman–Crippen MR) is 124 cm³/mol. The van der Waals surface area contributed by atoms with Crippen LogP contribution in [0.25, 0.3) is 0 Å². The Balaban J connectivity index is 1.66. The van der Waals surface area contributed by atoms with Gasteiger partial charge in [-0.3, -0.25) is 4.79 Å². The Morgan fingerprint density at radius 1 is 1.00 bits per heavy atom. The number of fused-ring (bicyclic) bond motifs is 5. The van der Waals surface area contributed by atoms with Gasteiger partial charge < -0.3 is 20.4 Å². The van der Waals surface area contributed by atoms with E-state index in [1.807, 2.05) is 0 Å². The van der Waals surface area contributed by atoms with E-state index in [0.29, 0.717) is 12.3 Å². The minimum absolute atomic E-state index is 0.0631. The zero-order chi connectivity index (χ0) is 23.6. The van der Waals surface area contributed by atoms with Crippen molar-refractivity contribution in [1.82, 2.24) is 0 Å². The summed E-state index contributed by atoms with van der Waals surface area (Å²) in [6, 6.07) is 0. The van der Waals surface area contributed by atoms with Crippen LogP contribution in [0.5, 0.6) is 0 Å². The van der Waals surface area contributed by atoms with Gasteiger partial charge >= 0.3 is 5.97 Å². The van der Waals surface area contributed by atoms with Crippen molar-refractivity contribution in [3.05, 3.63) is 0 Å². The molecule has 32 heavy (non-hydrogen) atoms. The third-order valence-corrected chi connectivity index (χ3v) is 11.4. The van der Waals surface area contributed by atoms with Crippen LogP contribution in [-0.2, 0) is 4.79 Å². The second kappa shape index (κ2) is 8.53. The summed E-state index contributed by atoms with van der Waals surface area (Å²) in [7, 11) is 0.